The van der Waals surface area contributed by atoms with Gasteiger partial charge in [-0.25, -0.2) is 0 Å². The first kappa shape index (κ1) is 18.0. The average molecular weight is 397 g/mol. The summed E-state index contributed by atoms with van der Waals surface area (Å²) in [4.78, 5) is 6.86. The van der Waals surface area contributed by atoms with Gasteiger partial charge in [0.25, 0.3) is 0 Å². The molecule has 2 aromatic heterocycles. The largest absolute Gasteiger partial charge is 0.352 e. The molecule has 1 fully saturated rings. The Morgan fingerprint density at radius 3 is 2.78 bits per heavy atom. The maximum absolute atomic E-state index is 6.23. The number of hydrogen-bond acceptors (Lipinski definition) is 2. The van der Waals surface area contributed by atoms with E-state index in [0.717, 1.165) is 40.2 Å². The lowest BCUT2D eigenvalue weighted by atomic mass is 10.0. The number of benzene rings is 1. The SMILES string of the molecule is CCCN1C(=S)NC(c2ccccn2)C1c1cccn1-c1cccc(Cl)c1. The third-order valence-corrected chi connectivity index (χ3v) is 5.42. The molecule has 3 aromatic rings. The first-order valence-electron chi connectivity index (χ1n) is 9.10. The number of rotatable bonds is 5. The third kappa shape index (κ3) is 3.45. The van der Waals surface area contributed by atoms with E-state index in [0.29, 0.717) is 0 Å². The molecule has 0 spiro atoms. The molecule has 1 aliphatic heterocycles. The Morgan fingerprint density at radius 2 is 2.04 bits per heavy atom. The number of aromatic nitrogens is 2. The topological polar surface area (TPSA) is 33.1 Å². The average Bonchev–Trinajstić information content (AvgIpc) is 3.28. The summed E-state index contributed by atoms with van der Waals surface area (Å²) < 4.78 is 2.19. The second-order valence-corrected chi connectivity index (χ2v) is 7.43. The molecule has 1 N–H and O–H groups in total. The van der Waals surface area contributed by atoms with Crippen LogP contribution in [0.5, 0.6) is 0 Å². The minimum atomic E-state index is -0.00177. The van der Waals surface area contributed by atoms with Crippen LogP contribution in [0, 0.1) is 0 Å². The molecule has 0 aliphatic carbocycles. The van der Waals surface area contributed by atoms with E-state index in [2.05, 4.69) is 57.2 Å². The number of pyridine rings is 1. The number of nitrogens with zero attached hydrogens (tertiary/aromatic N) is 3. The predicted octanol–water partition coefficient (Wildman–Crippen LogP) is 4.91. The van der Waals surface area contributed by atoms with Crippen LogP contribution in [0.2, 0.25) is 5.02 Å². The fourth-order valence-corrected chi connectivity index (χ4v) is 4.22. The van der Waals surface area contributed by atoms with E-state index < -0.39 is 0 Å². The van der Waals surface area contributed by atoms with E-state index in [-0.39, 0.29) is 12.1 Å². The van der Waals surface area contributed by atoms with Crippen molar-refractivity contribution in [2.24, 2.45) is 0 Å². The zero-order valence-electron chi connectivity index (χ0n) is 15.0. The fourth-order valence-electron chi connectivity index (χ4n) is 3.70. The third-order valence-electron chi connectivity index (χ3n) is 4.83. The highest BCUT2D eigenvalue weighted by molar-refractivity contribution is 7.80. The van der Waals surface area contributed by atoms with Crippen LogP contribution in [0.1, 0.15) is 36.8 Å². The maximum Gasteiger partial charge on any atom is 0.170 e. The van der Waals surface area contributed by atoms with Crippen LogP contribution in [-0.4, -0.2) is 26.1 Å². The number of nitrogens with one attached hydrogen (secondary N) is 1. The summed E-state index contributed by atoms with van der Waals surface area (Å²) in [5.41, 5.74) is 3.19. The van der Waals surface area contributed by atoms with E-state index in [1.54, 1.807) is 0 Å². The summed E-state index contributed by atoms with van der Waals surface area (Å²) >= 11 is 11.9. The Morgan fingerprint density at radius 1 is 1.15 bits per heavy atom. The zero-order valence-corrected chi connectivity index (χ0v) is 16.6. The molecule has 0 radical (unpaired) electrons. The van der Waals surface area contributed by atoms with Gasteiger partial charge in [-0.05, 0) is 61.1 Å². The van der Waals surface area contributed by atoms with Crippen molar-refractivity contribution in [2.45, 2.75) is 25.4 Å². The van der Waals surface area contributed by atoms with E-state index in [1.165, 1.54) is 0 Å². The molecule has 2 unspecified atom stereocenters. The van der Waals surface area contributed by atoms with Crippen molar-refractivity contribution in [1.82, 2.24) is 19.8 Å². The summed E-state index contributed by atoms with van der Waals surface area (Å²) in [5, 5.41) is 4.98. The van der Waals surface area contributed by atoms with Gasteiger partial charge in [-0.15, -0.1) is 0 Å². The molecule has 1 aromatic carbocycles. The molecule has 3 heterocycles. The number of thiocarbonyl (C=S) groups is 1. The first-order chi connectivity index (χ1) is 13.2. The molecule has 0 saturated carbocycles. The van der Waals surface area contributed by atoms with E-state index in [1.807, 2.05) is 36.5 Å². The summed E-state index contributed by atoms with van der Waals surface area (Å²) in [5.74, 6) is 0. The zero-order chi connectivity index (χ0) is 18.8. The molecular formula is C21H21ClN4S. The molecule has 4 nitrogen and oxygen atoms in total. The minimum Gasteiger partial charge on any atom is -0.352 e. The van der Waals surface area contributed by atoms with Gasteiger partial charge in [-0.3, -0.25) is 4.98 Å². The van der Waals surface area contributed by atoms with Crippen molar-refractivity contribution in [3.8, 4) is 5.69 Å². The lowest BCUT2D eigenvalue weighted by Gasteiger charge is -2.28. The molecule has 0 bridgehead atoms. The van der Waals surface area contributed by atoms with Gasteiger partial charge in [0.1, 0.15) is 0 Å². The van der Waals surface area contributed by atoms with Gasteiger partial charge < -0.3 is 14.8 Å². The van der Waals surface area contributed by atoms with Crippen molar-refractivity contribution in [1.29, 1.82) is 0 Å². The van der Waals surface area contributed by atoms with Crippen LogP contribution >= 0.6 is 23.8 Å². The van der Waals surface area contributed by atoms with Crippen LogP contribution < -0.4 is 5.32 Å². The van der Waals surface area contributed by atoms with Gasteiger partial charge in [-0.1, -0.05) is 30.7 Å². The van der Waals surface area contributed by atoms with Gasteiger partial charge >= 0.3 is 0 Å². The van der Waals surface area contributed by atoms with Gasteiger partial charge in [0, 0.05) is 35.3 Å². The van der Waals surface area contributed by atoms with Crippen LogP contribution in [0.25, 0.3) is 5.69 Å². The van der Waals surface area contributed by atoms with E-state index in [4.69, 9.17) is 23.8 Å². The molecule has 6 heteroatoms. The highest BCUT2D eigenvalue weighted by Gasteiger charge is 2.40. The summed E-state index contributed by atoms with van der Waals surface area (Å²) in [6, 6.07) is 18.2. The highest BCUT2D eigenvalue weighted by Crippen LogP contribution is 2.39. The Bertz CT molecular complexity index is 940. The Hall–Kier alpha value is -2.37. The molecule has 4 rings (SSSR count). The molecule has 1 saturated heterocycles. The van der Waals surface area contributed by atoms with Crippen LogP contribution in [0.15, 0.2) is 67.0 Å². The molecule has 2 atom stereocenters. The van der Waals surface area contributed by atoms with E-state index >= 15 is 0 Å². The molecule has 138 valence electrons. The smallest absolute Gasteiger partial charge is 0.170 e. The molecular weight excluding hydrogens is 376 g/mol. The standard InChI is InChI=1S/C21H21ClN4S/c1-2-12-26-20(19(24-21(26)27)17-9-3-4-11-23-17)18-10-6-13-25(18)16-8-5-7-15(22)14-16/h3-11,13-14,19-20H,2,12H2,1H3,(H,24,27). The van der Waals surface area contributed by atoms with Crippen molar-refractivity contribution in [2.75, 3.05) is 6.54 Å². The van der Waals surface area contributed by atoms with Gasteiger partial charge in [0.15, 0.2) is 5.11 Å². The van der Waals surface area contributed by atoms with Crippen LogP contribution in [0.4, 0.5) is 0 Å². The molecule has 0 amide bonds. The Balaban J connectivity index is 1.81. The first-order valence-corrected chi connectivity index (χ1v) is 9.89. The molecule has 1 aliphatic rings. The lowest BCUT2D eigenvalue weighted by Crippen LogP contribution is -2.31. The van der Waals surface area contributed by atoms with Crippen molar-refractivity contribution in [3.63, 3.8) is 0 Å². The summed E-state index contributed by atoms with van der Waals surface area (Å²) in [7, 11) is 0. The van der Waals surface area contributed by atoms with Crippen molar-refractivity contribution in [3.05, 3.63) is 83.4 Å². The monoisotopic (exact) mass is 396 g/mol. The molecule has 27 heavy (non-hydrogen) atoms. The maximum atomic E-state index is 6.23. The van der Waals surface area contributed by atoms with Crippen molar-refractivity contribution >= 4 is 28.9 Å². The summed E-state index contributed by atoms with van der Waals surface area (Å²) in [6.07, 6.45) is 4.92. The highest BCUT2D eigenvalue weighted by atomic mass is 35.5. The van der Waals surface area contributed by atoms with Crippen molar-refractivity contribution < 1.29 is 0 Å². The Kier molecular flexibility index (Phi) is 5.14. The lowest BCUT2D eigenvalue weighted by molar-refractivity contribution is 0.309. The van der Waals surface area contributed by atoms with Gasteiger partial charge in [-0.2, -0.15) is 0 Å². The van der Waals surface area contributed by atoms with Gasteiger partial charge in [0.05, 0.1) is 17.8 Å². The quantitative estimate of drug-likeness (QED) is 0.621. The Labute approximate surface area is 169 Å². The number of hydrogen-bond donors (Lipinski definition) is 1. The van der Waals surface area contributed by atoms with Crippen LogP contribution in [-0.2, 0) is 0 Å². The second kappa shape index (κ2) is 7.71. The summed E-state index contributed by atoms with van der Waals surface area (Å²) in [6.45, 7) is 3.06. The van der Waals surface area contributed by atoms with E-state index in [9.17, 15) is 0 Å². The predicted molar refractivity (Wildman–Crippen MR) is 113 cm³/mol. The fraction of sp³-hybridized carbons (Fsp3) is 0.238. The normalized spacial score (nSPS) is 19.3. The minimum absolute atomic E-state index is 0.00177. The number of halogens is 1. The van der Waals surface area contributed by atoms with Gasteiger partial charge in [0.2, 0.25) is 0 Å². The van der Waals surface area contributed by atoms with Crippen LogP contribution in [0.3, 0.4) is 0 Å². The second-order valence-electron chi connectivity index (χ2n) is 6.60.